The molecule has 4 aromatic rings. The minimum atomic E-state index is -0.623. The number of thiazole rings is 1. The maximum Gasteiger partial charge on any atom is 0.297 e. The normalized spacial score (nSPS) is 16.2. The smallest absolute Gasteiger partial charge is 0.297 e. The molecule has 0 radical (unpaired) electrons. The van der Waals surface area contributed by atoms with E-state index >= 15 is 0 Å². The molecule has 156 valence electrons. The first kappa shape index (κ1) is 20.0. The minimum Gasteiger partial charge on any atom is -0.450 e. The Bertz CT molecular complexity index is 1370. The van der Waals surface area contributed by atoms with Crippen LogP contribution in [0.1, 0.15) is 54.1 Å². The highest BCUT2D eigenvalue weighted by Gasteiger charge is 2.44. The molecule has 0 bridgehead atoms. The van der Waals surface area contributed by atoms with E-state index in [0.717, 1.165) is 5.56 Å². The standard InChI is InChI=1S/C24H19ClN2O3S/c1-24(2,3)14-6-4-13(5-7-14)19-18-20(28)16-12-15(25)8-9-17(16)30-21(18)22(29)27(19)23-26-10-11-31-23/h4-12,19H,1-3H3/t19-/m0/s1. The second-order valence-corrected chi connectivity index (χ2v) is 9.89. The summed E-state index contributed by atoms with van der Waals surface area (Å²) < 4.78 is 5.94. The average molecular weight is 451 g/mol. The van der Waals surface area contributed by atoms with E-state index in [-0.39, 0.29) is 22.5 Å². The second kappa shape index (κ2) is 7.04. The van der Waals surface area contributed by atoms with E-state index in [4.69, 9.17) is 16.0 Å². The monoisotopic (exact) mass is 450 g/mol. The number of aromatic nitrogens is 1. The lowest BCUT2D eigenvalue weighted by Crippen LogP contribution is -2.29. The number of hydrogen-bond acceptors (Lipinski definition) is 5. The molecule has 5 nitrogen and oxygen atoms in total. The number of amides is 1. The van der Waals surface area contributed by atoms with Crippen molar-refractivity contribution in [3.8, 4) is 0 Å². The van der Waals surface area contributed by atoms with Crippen molar-refractivity contribution in [2.75, 3.05) is 4.90 Å². The molecule has 1 atom stereocenters. The van der Waals surface area contributed by atoms with Crippen LogP contribution in [0.2, 0.25) is 5.02 Å². The molecule has 5 rings (SSSR count). The highest BCUT2D eigenvalue weighted by molar-refractivity contribution is 7.13. The quantitative estimate of drug-likeness (QED) is 0.378. The summed E-state index contributed by atoms with van der Waals surface area (Å²) >= 11 is 7.47. The summed E-state index contributed by atoms with van der Waals surface area (Å²) in [6.45, 7) is 6.42. The van der Waals surface area contributed by atoms with Crippen molar-refractivity contribution >= 4 is 44.9 Å². The molecule has 31 heavy (non-hydrogen) atoms. The van der Waals surface area contributed by atoms with Gasteiger partial charge in [0.2, 0.25) is 5.76 Å². The zero-order valence-electron chi connectivity index (χ0n) is 17.2. The van der Waals surface area contributed by atoms with E-state index in [0.29, 0.717) is 26.7 Å². The van der Waals surface area contributed by atoms with E-state index in [2.05, 4.69) is 25.8 Å². The lowest BCUT2D eigenvalue weighted by molar-refractivity contribution is 0.0971. The molecule has 3 heterocycles. The molecule has 1 aliphatic rings. The SMILES string of the molecule is CC(C)(C)c1ccc([C@H]2c3c(oc4ccc(Cl)cc4c3=O)C(=O)N2c2nccs2)cc1. The average Bonchev–Trinajstić information content (AvgIpc) is 3.35. The number of halogens is 1. The van der Waals surface area contributed by atoms with Crippen LogP contribution in [0, 0.1) is 0 Å². The van der Waals surface area contributed by atoms with Gasteiger partial charge in [-0.15, -0.1) is 11.3 Å². The summed E-state index contributed by atoms with van der Waals surface area (Å²) in [4.78, 5) is 32.8. The summed E-state index contributed by atoms with van der Waals surface area (Å²) in [5.41, 5.74) is 2.38. The van der Waals surface area contributed by atoms with Gasteiger partial charge >= 0.3 is 0 Å². The van der Waals surface area contributed by atoms with Gasteiger partial charge in [0.1, 0.15) is 5.58 Å². The van der Waals surface area contributed by atoms with Crippen molar-refractivity contribution in [1.82, 2.24) is 4.98 Å². The van der Waals surface area contributed by atoms with Crippen molar-refractivity contribution < 1.29 is 9.21 Å². The van der Waals surface area contributed by atoms with Crippen LogP contribution in [0.3, 0.4) is 0 Å². The maximum absolute atomic E-state index is 13.5. The molecule has 0 spiro atoms. The number of nitrogens with zero attached hydrogens (tertiary/aromatic N) is 2. The molecule has 1 aliphatic heterocycles. The summed E-state index contributed by atoms with van der Waals surface area (Å²) in [6, 6.07) is 12.2. The molecule has 0 saturated carbocycles. The van der Waals surface area contributed by atoms with Crippen molar-refractivity contribution in [2.24, 2.45) is 0 Å². The number of benzene rings is 2. The Morgan fingerprint density at radius 2 is 1.84 bits per heavy atom. The van der Waals surface area contributed by atoms with Crippen LogP contribution in [0.5, 0.6) is 0 Å². The Hall–Kier alpha value is -2.96. The molecular formula is C24H19ClN2O3S. The highest BCUT2D eigenvalue weighted by Crippen LogP contribution is 2.42. The van der Waals surface area contributed by atoms with Gasteiger partial charge in [0.15, 0.2) is 10.6 Å². The first-order valence-electron chi connectivity index (χ1n) is 9.85. The van der Waals surface area contributed by atoms with Crippen molar-refractivity contribution in [3.63, 3.8) is 0 Å². The molecule has 1 amide bonds. The fourth-order valence-corrected chi connectivity index (χ4v) is 4.80. The fraction of sp³-hybridized carbons (Fsp3) is 0.208. The first-order valence-corrected chi connectivity index (χ1v) is 11.1. The number of carbonyl (C=O) groups is 1. The van der Waals surface area contributed by atoms with Gasteiger partial charge in [0.25, 0.3) is 5.91 Å². The fourth-order valence-electron chi connectivity index (χ4n) is 3.96. The van der Waals surface area contributed by atoms with Crippen LogP contribution in [0.4, 0.5) is 5.13 Å². The van der Waals surface area contributed by atoms with Crippen molar-refractivity contribution in [2.45, 2.75) is 32.2 Å². The molecule has 2 aromatic heterocycles. The van der Waals surface area contributed by atoms with Gasteiger partial charge in [-0.05, 0) is 34.7 Å². The molecule has 0 N–H and O–H groups in total. The predicted molar refractivity (Wildman–Crippen MR) is 123 cm³/mol. The number of anilines is 1. The first-order chi connectivity index (χ1) is 14.8. The summed E-state index contributed by atoms with van der Waals surface area (Å²) in [6.07, 6.45) is 1.64. The molecule has 0 unspecified atom stereocenters. The third kappa shape index (κ3) is 3.18. The minimum absolute atomic E-state index is 0.0110. The van der Waals surface area contributed by atoms with E-state index < -0.39 is 6.04 Å². The van der Waals surface area contributed by atoms with Crippen LogP contribution in [0.25, 0.3) is 11.0 Å². The van der Waals surface area contributed by atoms with Crippen molar-refractivity contribution in [3.05, 3.63) is 91.7 Å². The van der Waals surface area contributed by atoms with E-state index in [1.165, 1.54) is 16.9 Å². The second-order valence-electron chi connectivity index (χ2n) is 8.58. The number of fused-ring (bicyclic) bond motifs is 2. The van der Waals surface area contributed by atoms with Crippen LogP contribution < -0.4 is 10.3 Å². The van der Waals surface area contributed by atoms with Gasteiger partial charge in [-0.25, -0.2) is 4.98 Å². The van der Waals surface area contributed by atoms with E-state index in [1.54, 1.807) is 34.7 Å². The van der Waals surface area contributed by atoms with Gasteiger partial charge in [-0.3, -0.25) is 14.5 Å². The van der Waals surface area contributed by atoms with Gasteiger partial charge in [-0.1, -0.05) is 56.6 Å². The Morgan fingerprint density at radius 3 is 2.48 bits per heavy atom. The van der Waals surface area contributed by atoms with Crippen LogP contribution in [-0.2, 0) is 5.41 Å². The maximum atomic E-state index is 13.5. The predicted octanol–water partition coefficient (Wildman–Crippen LogP) is 5.95. The Kier molecular flexibility index (Phi) is 4.53. The Balaban J connectivity index is 1.77. The largest absolute Gasteiger partial charge is 0.450 e. The van der Waals surface area contributed by atoms with Gasteiger partial charge in [0.05, 0.1) is 17.0 Å². The van der Waals surface area contributed by atoms with Crippen molar-refractivity contribution in [1.29, 1.82) is 0 Å². The van der Waals surface area contributed by atoms with Crippen LogP contribution >= 0.6 is 22.9 Å². The summed E-state index contributed by atoms with van der Waals surface area (Å²) in [5.74, 6) is -0.316. The third-order valence-corrected chi connectivity index (χ3v) is 6.56. The molecule has 2 aromatic carbocycles. The Morgan fingerprint density at radius 1 is 1.10 bits per heavy atom. The lowest BCUT2D eigenvalue weighted by Gasteiger charge is -2.24. The topological polar surface area (TPSA) is 63.4 Å². The molecule has 7 heteroatoms. The van der Waals surface area contributed by atoms with Crippen LogP contribution in [-0.4, -0.2) is 10.9 Å². The third-order valence-electron chi connectivity index (χ3n) is 5.55. The number of rotatable bonds is 2. The lowest BCUT2D eigenvalue weighted by atomic mass is 9.86. The molecule has 0 saturated heterocycles. The van der Waals surface area contributed by atoms with E-state index in [9.17, 15) is 9.59 Å². The zero-order valence-corrected chi connectivity index (χ0v) is 18.8. The zero-order chi connectivity index (χ0) is 21.9. The number of hydrogen-bond donors (Lipinski definition) is 0. The number of carbonyl (C=O) groups excluding carboxylic acids is 1. The molecule has 0 aliphatic carbocycles. The molecule has 0 fully saturated rings. The van der Waals surface area contributed by atoms with Gasteiger partial charge < -0.3 is 4.42 Å². The van der Waals surface area contributed by atoms with E-state index in [1.807, 2.05) is 24.3 Å². The van der Waals surface area contributed by atoms with Gasteiger partial charge in [-0.2, -0.15) is 0 Å². The highest BCUT2D eigenvalue weighted by atomic mass is 35.5. The summed E-state index contributed by atoms with van der Waals surface area (Å²) in [7, 11) is 0. The Labute approximate surface area is 187 Å². The van der Waals surface area contributed by atoms with Gasteiger partial charge in [0, 0.05) is 16.6 Å². The molecular weight excluding hydrogens is 432 g/mol. The summed E-state index contributed by atoms with van der Waals surface area (Å²) in [5, 5.41) is 3.11. The van der Waals surface area contributed by atoms with Crippen LogP contribution in [0.15, 0.2) is 63.3 Å².